The number of aromatic nitrogens is 1. The monoisotopic (exact) mass is 378 g/mol. The number of nitrogens with zero attached hydrogens (tertiary/aromatic N) is 1. The van der Waals surface area contributed by atoms with Crippen LogP contribution in [0.3, 0.4) is 0 Å². The summed E-state index contributed by atoms with van der Waals surface area (Å²) in [6.07, 6.45) is 5.77. The maximum absolute atomic E-state index is 11.6. The summed E-state index contributed by atoms with van der Waals surface area (Å²) in [7, 11) is -3.29. The van der Waals surface area contributed by atoms with Gasteiger partial charge < -0.3 is 0 Å². The lowest BCUT2D eigenvalue weighted by molar-refractivity contribution is 0.607. The van der Waals surface area contributed by atoms with Gasteiger partial charge in [0.15, 0.2) is 0 Å². The van der Waals surface area contributed by atoms with E-state index in [0.717, 1.165) is 30.5 Å². The Morgan fingerprint density at radius 2 is 1.81 bits per heavy atom. The first-order valence-corrected chi connectivity index (χ1v) is 11.0. The number of aryl methyl sites for hydroxylation is 2. The van der Waals surface area contributed by atoms with E-state index in [1.807, 2.05) is 24.4 Å². The van der Waals surface area contributed by atoms with E-state index < -0.39 is 10.0 Å². The minimum Gasteiger partial charge on any atom is -0.284 e. The summed E-state index contributed by atoms with van der Waals surface area (Å²) in [6, 6.07) is 20.4. The van der Waals surface area contributed by atoms with E-state index in [-0.39, 0.29) is 5.92 Å². The van der Waals surface area contributed by atoms with Gasteiger partial charge in [-0.1, -0.05) is 42.5 Å². The van der Waals surface area contributed by atoms with Crippen molar-refractivity contribution in [2.24, 2.45) is 0 Å². The van der Waals surface area contributed by atoms with Gasteiger partial charge in [0.25, 0.3) is 0 Å². The number of sulfonamides is 1. The zero-order chi connectivity index (χ0) is 18.9. The first kappa shape index (κ1) is 17.7. The van der Waals surface area contributed by atoms with Gasteiger partial charge in [-0.25, -0.2) is 8.42 Å². The number of fused-ring (bicyclic) bond motifs is 2. The molecule has 0 fully saturated rings. The van der Waals surface area contributed by atoms with Crippen molar-refractivity contribution in [2.45, 2.75) is 25.2 Å². The standard InChI is InChI=1S/C22H22N2O2S/c1-27(25,26)24-18-8-4-6-16(14-18)15-21-19-9-3-2-7-17(19)11-12-22-20(21)10-5-13-23-22/h2-10,13-14,21,24H,11-12,15H2,1H3/t21-/m0/s1. The van der Waals surface area contributed by atoms with Crippen molar-refractivity contribution in [3.8, 4) is 0 Å². The molecule has 5 heteroatoms. The van der Waals surface area contributed by atoms with E-state index in [9.17, 15) is 8.42 Å². The van der Waals surface area contributed by atoms with Crippen molar-refractivity contribution in [2.75, 3.05) is 11.0 Å². The van der Waals surface area contributed by atoms with E-state index >= 15 is 0 Å². The minimum absolute atomic E-state index is 0.209. The Balaban J connectivity index is 1.74. The molecule has 0 saturated carbocycles. The van der Waals surface area contributed by atoms with Gasteiger partial charge in [0.05, 0.1) is 6.26 Å². The number of nitrogens with one attached hydrogen (secondary N) is 1. The fourth-order valence-corrected chi connectivity index (χ4v) is 4.49. The molecule has 0 saturated heterocycles. The first-order chi connectivity index (χ1) is 13.0. The molecule has 0 aliphatic heterocycles. The average Bonchev–Trinajstić information content (AvgIpc) is 2.79. The number of pyridine rings is 1. The lowest BCUT2D eigenvalue weighted by Gasteiger charge is -2.20. The molecule has 2 aromatic carbocycles. The van der Waals surface area contributed by atoms with E-state index in [1.54, 1.807) is 6.07 Å². The molecule has 4 nitrogen and oxygen atoms in total. The van der Waals surface area contributed by atoms with E-state index in [0.29, 0.717) is 5.69 Å². The predicted octanol–water partition coefficient (Wildman–Crippen LogP) is 3.93. The Labute approximate surface area is 160 Å². The summed E-state index contributed by atoms with van der Waals surface area (Å²) in [6.45, 7) is 0. The van der Waals surface area contributed by atoms with E-state index in [2.05, 4.69) is 46.1 Å². The molecular weight excluding hydrogens is 356 g/mol. The van der Waals surface area contributed by atoms with Crippen molar-refractivity contribution in [3.63, 3.8) is 0 Å². The highest BCUT2D eigenvalue weighted by molar-refractivity contribution is 7.92. The molecule has 1 aliphatic carbocycles. The number of benzene rings is 2. The van der Waals surface area contributed by atoms with Crippen molar-refractivity contribution in [1.82, 2.24) is 4.98 Å². The van der Waals surface area contributed by atoms with Gasteiger partial charge in [0.2, 0.25) is 10.0 Å². The zero-order valence-corrected chi connectivity index (χ0v) is 16.0. The number of anilines is 1. The van der Waals surface area contributed by atoms with Crippen LogP contribution < -0.4 is 4.72 Å². The third-order valence-electron chi connectivity index (χ3n) is 5.03. The van der Waals surface area contributed by atoms with Crippen molar-refractivity contribution in [1.29, 1.82) is 0 Å². The van der Waals surface area contributed by atoms with Crippen molar-refractivity contribution >= 4 is 15.7 Å². The predicted molar refractivity (Wildman–Crippen MR) is 109 cm³/mol. The second-order valence-corrected chi connectivity index (χ2v) is 8.82. The zero-order valence-electron chi connectivity index (χ0n) is 15.2. The molecule has 3 aromatic rings. The number of hydrogen-bond donors (Lipinski definition) is 1. The SMILES string of the molecule is CS(=O)(=O)Nc1cccc(C[C@H]2c3ccccc3CCc3ncccc32)c1. The molecule has 1 heterocycles. The normalized spacial score (nSPS) is 16.1. The molecule has 1 aliphatic rings. The summed E-state index contributed by atoms with van der Waals surface area (Å²) < 4.78 is 25.7. The molecule has 0 spiro atoms. The first-order valence-electron chi connectivity index (χ1n) is 9.08. The van der Waals surface area contributed by atoms with Gasteiger partial charge in [-0.15, -0.1) is 0 Å². The van der Waals surface area contributed by atoms with Gasteiger partial charge in [0.1, 0.15) is 0 Å². The third-order valence-corrected chi connectivity index (χ3v) is 5.64. The van der Waals surface area contributed by atoms with Crippen molar-refractivity contribution < 1.29 is 8.42 Å². The average molecular weight is 378 g/mol. The fourth-order valence-electron chi connectivity index (χ4n) is 3.93. The van der Waals surface area contributed by atoms with Crippen LogP contribution in [-0.2, 0) is 29.3 Å². The quantitative estimate of drug-likeness (QED) is 0.748. The van der Waals surface area contributed by atoms with Gasteiger partial charge in [-0.05, 0) is 59.7 Å². The maximum atomic E-state index is 11.6. The highest BCUT2D eigenvalue weighted by Crippen LogP contribution is 2.36. The van der Waals surface area contributed by atoms with E-state index in [4.69, 9.17) is 0 Å². The Hall–Kier alpha value is -2.66. The Morgan fingerprint density at radius 3 is 2.67 bits per heavy atom. The summed E-state index contributed by atoms with van der Waals surface area (Å²) >= 11 is 0. The third kappa shape index (κ3) is 4.03. The van der Waals surface area contributed by atoms with Gasteiger partial charge in [-0.3, -0.25) is 9.71 Å². The van der Waals surface area contributed by atoms with Gasteiger partial charge >= 0.3 is 0 Å². The van der Waals surface area contributed by atoms with Crippen LogP contribution in [0, 0.1) is 0 Å². The topological polar surface area (TPSA) is 59.1 Å². The van der Waals surface area contributed by atoms with Crippen LogP contribution in [0.15, 0.2) is 66.9 Å². The molecule has 0 bridgehead atoms. The van der Waals surface area contributed by atoms with Crippen LogP contribution in [0.4, 0.5) is 5.69 Å². The molecule has 138 valence electrons. The summed E-state index contributed by atoms with van der Waals surface area (Å²) in [5.74, 6) is 0.209. The van der Waals surface area contributed by atoms with Crippen LogP contribution in [0.25, 0.3) is 0 Å². The molecule has 1 atom stereocenters. The van der Waals surface area contributed by atoms with Crippen LogP contribution in [0.1, 0.15) is 33.9 Å². The van der Waals surface area contributed by atoms with Crippen molar-refractivity contribution in [3.05, 3.63) is 94.8 Å². The number of hydrogen-bond acceptors (Lipinski definition) is 3. The van der Waals surface area contributed by atoms with Gasteiger partial charge in [-0.2, -0.15) is 0 Å². The molecule has 27 heavy (non-hydrogen) atoms. The summed E-state index contributed by atoms with van der Waals surface area (Å²) in [5, 5.41) is 0. The van der Waals surface area contributed by atoms with Crippen LogP contribution in [0.2, 0.25) is 0 Å². The molecule has 0 amide bonds. The van der Waals surface area contributed by atoms with Crippen LogP contribution in [-0.4, -0.2) is 19.7 Å². The van der Waals surface area contributed by atoms with E-state index in [1.165, 1.54) is 22.9 Å². The Kier molecular flexibility index (Phi) is 4.70. The lowest BCUT2D eigenvalue weighted by atomic mass is 9.84. The Morgan fingerprint density at radius 1 is 1.00 bits per heavy atom. The highest BCUT2D eigenvalue weighted by atomic mass is 32.2. The smallest absolute Gasteiger partial charge is 0.229 e. The maximum Gasteiger partial charge on any atom is 0.229 e. The van der Waals surface area contributed by atoms with Gasteiger partial charge in [0, 0.05) is 23.5 Å². The van der Waals surface area contributed by atoms with Crippen LogP contribution in [0.5, 0.6) is 0 Å². The largest absolute Gasteiger partial charge is 0.284 e. The molecule has 0 unspecified atom stereocenters. The summed E-state index contributed by atoms with van der Waals surface area (Å²) in [4.78, 5) is 4.63. The molecule has 4 rings (SSSR count). The molecular formula is C22H22N2O2S. The number of rotatable bonds is 4. The minimum atomic E-state index is -3.29. The molecule has 1 N–H and O–H groups in total. The molecule has 1 aromatic heterocycles. The fraction of sp³-hybridized carbons (Fsp3) is 0.227. The second kappa shape index (κ2) is 7.16. The Bertz CT molecular complexity index is 1030. The second-order valence-electron chi connectivity index (χ2n) is 7.07. The lowest BCUT2D eigenvalue weighted by Crippen LogP contribution is -2.11. The van der Waals surface area contributed by atoms with Crippen LogP contribution >= 0.6 is 0 Å². The highest BCUT2D eigenvalue weighted by Gasteiger charge is 2.24. The summed E-state index contributed by atoms with van der Waals surface area (Å²) in [5.41, 5.74) is 6.83. The molecule has 0 radical (unpaired) electrons.